The first-order valence-corrected chi connectivity index (χ1v) is 12.0. The predicted octanol–water partition coefficient (Wildman–Crippen LogP) is 4.10. The molecule has 0 amide bonds. The molecule has 2 atom stereocenters. The Kier molecular flexibility index (Phi) is 5.19. The third-order valence-corrected chi connectivity index (χ3v) is 9.03. The number of rotatable bonds is 4. The standard InChI is InChI=1S/C24H31N3O2S/c1-17-11-13-20(14-12-17)24(3,4)30(28,29)22-16-26(5)27-18(2)15-21(25-23(22)27)19-9-7-6-8-10-19/h6-14,18,21,25H,15-16H2,1-5H3. The molecule has 1 N–H and O–H groups in total. The fourth-order valence-corrected chi connectivity index (χ4v) is 6.39. The Labute approximate surface area is 180 Å². The van der Waals surface area contributed by atoms with Crippen LogP contribution in [0.4, 0.5) is 0 Å². The lowest BCUT2D eigenvalue weighted by Gasteiger charge is -2.42. The predicted molar refractivity (Wildman–Crippen MR) is 121 cm³/mol. The van der Waals surface area contributed by atoms with Gasteiger partial charge in [-0.1, -0.05) is 60.2 Å². The lowest BCUT2D eigenvalue weighted by atomic mass is 9.97. The number of nitrogens with zero attached hydrogens (tertiary/aromatic N) is 2. The molecule has 2 aliphatic heterocycles. The van der Waals surface area contributed by atoms with Gasteiger partial charge in [0.1, 0.15) is 10.7 Å². The van der Waals surface area contributed by atoms with E-state index in [2.05, 4.69) is 29.4 Å². The molecule has 2 aliphatic rings. The molecule has 0 bridgehead atoms. The van der Waals surface area contributed by atoms with Gasteiger partial charge in [-0.05, 0) is 45.2 Å². The van der Waals surface area contributed by atoms with Gasteiger partial charge in [-0.2, -0.15) is 0 Å². The second-order valence-corrected chi connectivity index (χ2v) is 11.5. The number of benzene rings is 2. The van der Waals surface area contributed by atoms with Crippen molar-refractivity contribution in [3.63, 3.8) is 0 Å². The molecule has 1 fully saturated rings. The SMILES string of the molecule is Cc1ccc(C(C)(C)S(=O)(=O)C2=C3NC(c4ccccc4)CC(C)N3N(C)C2)cc1. The highest BCUT2D eigenvalue weighted by Gasteiger charge is 2.47. The van der Waals surface area contributed by atoms with Crippen molar-refractivity contribution in [2.24, 2.45) is 0 Å². The van der Waals surface area contributed by atoms with Gasteiger partial charge in [0, 0.05) is 13.1 Å². The van der Waals surface area contributed by atoms with Gasteiger partial charge in [0.05, 0.1) is 17.3 Å². The lowest BCUT2D eigenvalue weighted by Crippen LogP contribution is -2.50. The highest BCUT2D eigenvalue weighted by atomic mass is 32.2. The van der Waals surface area contributed by atoms with E-state index in [1.165, 1.54) is 5.56 Å². The molecule has 5 nitrogen and oxygen atoms in total. The van der Waals surface area contributed by atoms with Crippen LogP contribution in [0.2, 0.25) is 0 Å². The summed E-state index contributed by atoms with van der Waals surface area (Å²) in [5.74, 6) is 0.727. The summed E-state index contributed by atoms with van der Waals surface area (Å²) in [6.07, 6.45) is 0.909. The van der Waals surface area contributed by atoms with Crippen molar-refractivity contribution in [3.05, 3.63) is 82.0 Å². The van der Waals surface area contributed by atoms with Crippen molar-refractivity contribution >= 4 is 9.84 Å². The van der Waals surface area contributed by atoms with E-state index in [4.69, 9.17) is 0 Å². The molecule has 6 heteroatoms. The molecule has 0 spiro atoms. The summed E-state index contributed by atoms with van der Waals surface area (Å²) in [4.78, 5) is 0.475. The van der Waals surface area contributed by atoms with Crippen molar-refractivity contribution in [3.8, 4) is 0 Å². The van der Waals surface area contributed by atoms with Crippen molar-refractivity contribution in [2.45, 2.75) is 50.9 Å². The minimum absolute atomic E-state index is 0.0895. The molecule has 0 aromatic heterocycles. The van der Waals surface area contributed by atoms with Crippen LogP contribution in [0.5, 0.6) is 0 Å². The number of nitrogens with one attached hydrogen (secondary N) is 1. The Bertz CT molecular complexity index is 1060. The summed E-state index contributed by atoms with van der Waals surface area (Å²) in [6.45, 7) is 8.17. The van der Waals surface area contributed by atoms with E-state index in [1.54, 1.807) is 0 Å². The van der Waals surface area contributed by atoms with E-state index in [0.717, 1.165) is 23.4 Å². The third-order valence-electron chi connectivity index (χ3n) is 6.48. The van der Waals surface area contributed by atoms with E-state index in [1.807, 2.05) is 75.3 Å². The van der Waals surface area contributed by atoms with Gasteiger partial charge in [0.15, 0.2) is 9.84 Å². The Balaban J connectivity index is 1.77. The second-order valence-electron chi connectivity index (χ2n) is 9.00. The van der Waals surface area contributed by atoms with Crippen molar-refractivity contribution in [2.75, 3.05) is 13.6 Å². The maximum atomic E-state index is 13.9. The molecule has 4 rings (SSSR count). The second kappa shape index (κ2) is 7.43. The topological polar surface area (TPSA) is 52.7 Å². The first-order chi connectivity index (χ1) is 14.1. The number of aryl methyl sites for hydroxylation is 1. The highest BCUT2D eigenvalue weighted by Crippen LogP contribution is 2.42. The van der Waals surface area contributed by atoms with Gasteiger partial charge in [-0.15, -0.1) is 0 Å². The molecule has 2 aromatic carbocycles. The third kappa shape index (κ3) is 3.32. The molecular formula is C24H31N3O2S. The highest BCUT2D eigenvalue weighted by molar-refractivity contribution is 7.96. The van der Waals surface area contributed by atoms with Crippen molar-refractivity contribution in [1.82, 2.24) is 15.3 Å². The molecule has 1 saturated heterocycles. The average molecular weight is 426 g/mol. The van der Waals surface area contributed by atoms with Crippen LogP contribution in [0.15, 0.2) is 65.3 Å². The van der Waals surface area contributed by atoms with Crippen LogP contribution in [0.25, 0.3) is 0 Å². The summed E-state index contributed by atoms with van der Waals surface area (Å²) >= 11 is 0. The average Bonchev–Trinajstić information content (AvgIpc) is 3.06. The molecule has 160 valence electrons. The van der Waals surface area contributed by atoms with Crippen LogP contribution in [-0.2, 0) is 14.6 Å². The number of fused-ring (bicyclic) bond motifs is 1. The van der Waals surface area contributed by atoms with E-state index in [0.29, 0.717) is 11.4 Å². The molecule has 2 unspecified atom stereocenters. The fourth-order valence-electron chi connectivity index (χ4n) is 4.56. The minimum atomic E-state index is -3.60. The number of likely N-dealkylation sites (N-methyl/N-ethyl adjacent to an activating group) is 1. The molecule has 0 saturated carbocycles. The van der Waals surface area contributed by atoms with Gasteiger partial charge >= 0.3 is 0 Å². The van der Waals surface area contributed by atoms with E-state index in [-0.39, 0.29) is 12.1 Å². The lowest BCUT2D eigenvalue weighted by molar-refractivity contribution is -0.00198. The Hall–Kier alpha value is -2.31. The molecule has 2 heterocycles. The van der Waals surface area contributed by atoms with Crippen molar-refractivity contribution < 1.29 is 8.42 Å². The van der Waals surface area contributed by atoms with Crippen LogP contribution in [0.3, 0.4) is 0 Å². The maximum absolute atomic E-state index is 13.9. The van der Waals surface area contributed by atoms with Crippen LogP contribution in [0, 0.1) is 6.92 Å². The summed E-state index contributed by atoms with van der Waals surface area (Å²) in [7, 11) is -1.64. The molecule has 0 aliphatic carbocycles. The van der Waals surface area contributed by atoms with Crippen LogP contribution >= 0.6 is 0 Å². The van der Waals surface area contributed by atoms with Crippen LogP contribution < -0.4 is 5.32 Å². The number of hydrogen-bond acceptors (Lipinski definition) is 5. The maximum Gasteiger partial charge on any atom is 0.188 e. The van der Waals surface area contributed by atoms with Gasteiger partial charge < -0.3 is 5.32 Å². The van der Waals surface area contributed by atoms with Crippen LogP contribution in [0.1, 0.15) is 49.9 Å². The number of hydrazine groups is 1. The monoisotopic (exact) mass is 425 g/mol. The van der Waals surface area contributed by atoms with Crippen LogP contribution in [-0.4, -0.2) is 38.1 Å². The van der Waals surface area contributed by atoms with Gasteiger partial charge in [0.25, 0.3) is 0 Å². The molecule has 0 radical (unpaired) electrons. The van der Waals surface area contributed by atoms with Gasteiger partial charge in [-0.3, -0.25) is 5.01 Å². The smallest absolute Gasteiger partial charge is 0.188 e. The summed E-state index contributed by atoms with van der Waals surface area (Å²) in [5.41, 5.74) is 3.11. The fraction of sp³-hybridized carbons (Fsp3) is 0.417. The van der Waals surface area contributed by atoms with E-state index in [9.17, 15) is 8.42 Å². The van der Waals surface area contributed by atoms with Gasteiger partial charge in [-0.25, -0.2) is 13.4 Å². The van der Waals surface area contributed by atoms with E-state index < -0.39 is 14.6 Å². The Morgan fingerprint density at radius 3 is 2.30 bits per heavy atom. The summed E-state index contributed by atoms with van der Waals surface area (Å²) in [5, 5.41) is 7.69. The Morgan fingerprint density at radius 1 is 1.03 bits per heavy atom. The zero-order valence-corrected chi connectivity index (χ0v) is 19.2. The first-order valence-electron chi connectivity index (χ1n) is 10.5. The summed E-state index contributed by atoms with van der Waals surface area (Å²) in [6, 6.07) is 18.4. The zero-order chi connectivity index (χ0) is 21.7. The summed E-state index contributed by atoms with van der Waals surface area (Å²) < 4.78 is 26.9. The molecular weight excluding hydrogens is 394 g/mol. The molecule has 2 aromatic rings. The number of hydrogen-bond donors (Lipinski definition) is 1. The quantitative estimate of drug-likeness (QED) is 0.799. The number of sulfone groups is 1. The zero-order valence-electron chi connectivity index (χ0n) is 18.4. The van der Waals surface area contributed by atoms with E-state index >= 15 is 0 Å². The minimum Gasteiger partial charge on any atom is -0.363 e. The largest absolute Gasteiger partial charge is 0.363 e. The normalized spacial score (nSPS) is 22.8. The first kappa shape index (κ1) is 20.9. The van der Waals surface area contributed by atoms with Crippen molar-refractivity contribution in [1.29, 1.82) is 0 Å². The Morgan fingerprint density at radius 2 is 1.67 bits per heavy atom. The van der Waals surface area contributed by atoms with Gasteiger partial charge in [0.2, 0.25) is 0 Å². The molecule has 30 heavy (non-hydrogen) atoms.